The van der Waals surface area contributed by atoms with Crippen LogP contribution in [0.2, 0.25) is 0 Å². The highest BCUT2D eigenvalue weighted by Gasteiger charge is 2.86. The van der Waals surface area contributed by atoms with Gasteiger partial charge in [0.25, 0.3) is 0 Å². The molecule has 5 heteroatoms. The van der Waals surface area contributed by atoms with E-state index in [2.05, 4.69) is 44.4 Å². The number of amides is 1. The maximum absolute atomic E-state index is 13.7. The Kier molecular flexibility index (Phi) is 2.59. The van der Waals surface area contributed by atoms with Crippen LogP contribution in [0.1, 0.15) is 24.8 Å². The number of quaternary nitrogens is 2. The summed E-state index contributed by atoms with van der Waals surface area (Å²) in [5, 5.41) is 12.5. The largest absolute Gasteiger partial charge is 0.373 e. The van der Waals surface area contributed by atoms with Crippen LogP contribution in [0.3, 0.4) is 0 Å². The fraction of sp³-hybridized carbons (Fsp3) is 0.609. The quantitative estimate of drug-likeness (QED) is 0.550. The first-order chi connectivity index (χ1) is 13.4. The third-order valence-corrected chi connectivity index (χ3v) is 9.87. The van der Waals surface area contributed by atoms with Crippen LogP contribution < -0.4 is 4.48 Å². The topological polar surface area (TPSA) is 46.5 Å². The van der Waals surface area contributed by atoms with Crippen LogP contribution >= 0.6 is 0 Å². The second kappa shape index (κ2) is 4.46. The number of carbonyl (C=O) groups is 1. The lowest BCUT2D eigenvalue weighted by Gasteiger charge is -2.62. The molecule has 146 valence electrons. The van der Waals surface area contributed by atoms with E-state index in [1.54, 1.807) is 0 Å². The lowest BCUT2D eigenvalue weighted by Crippen LogP contribution is -2.81. The summed E-state index contributed by atoms with van der Waals surface area (Å²) in [4.78, 5) is 13.7. The monoisotopic (exact) mass is 380 g/mol. The highest BCUT2D eigenvalue weighted by molar-refractivity contribution is 5.94. The molecule has 0 aromatic heterocycles. The number of likely N-dealkylation sites (N-methyl/N-ethyl adjacent to an activating group) is 2. The van der Waals surface area contributed by atoms with E-state index < -0.39 is 5.72 Å². The van der Waals surface area contributed by atoms with Crippen molar-refractivity contribution < 1.29 is 19.1 Å². The molecule has 1 N–H and O–H groups in total. The predicted molar refractivity (Wildman–Crippen MR) is 104 cm³/mol. The van der Waals surface area contributed by atoms with E-state index in [0.29, 0.717) is 33.8 Å². The Morgan fingerprint density at radius 1 is 1.25 bits per heavy atom. The summed E-state index contributed by atoms with van der Waals surface area (Å²) in [5.41, 5.74) is 2.65. The first-order valence-corrected chi connectivity index (χ1v) is 10.7. The van der Waals surface area contributed by atoms with Crippen molar-refractivity contribution in [1.29, 1.82) is 0 Å². The molecule has 2 bridgehead atoms. The van der Waals surface area contributed by atoms with Crippen LogP contribution in [0.5, 0.6) is 0 Å². The molecule has 3 saturated heterocycles. The zero-order valence-corrected chi connectivity index (χ0v) is 16.6. The summed E-state index contributed by atoms with van der Waals surface area (Å²) in [6, 6.07) is 8.57. The third kappa shape index (κ3) is 1.34. The molecule has 2 unspecified atom stereocenters. The maximum Gasteiger partial charge on any atom is 0.321 e. The average molecular weight is 380 g/mol. The predicted octanol–water partition coefficient (Wildman–Crippen LogP) is 1.69. The molecular weight excluding hydrogens is 352 g/mol. The van der Waals surface area contributed by atoms with Gasteiger partial charge in [-0.05, 0) is 11.6 Å². The van der Waals surface area contributed by atoms with Gasteiger partial charge >= 0.3 is 5.91 Å². The molecule has 1 aliphatic carbocycles. The molecule has 1 saturated carbocycles. The molecule has 0 radical (unpaired) electrons. The SMILES string of the molecule is C[N+]12C(=O)C[C@@H]3OCC=C4C[N+]5(C)CC[C@]6(c7ccccc71)[C@@H]2[C@H]3[C@H]4C[C@@]65O. The van der Waals surface area contributed by atoms with Gasteiger partial charge in [0.15, 0.2) is 0 Å². The van der Waals surface area contributed by atoms with E-state index in [-0.39, 0.29) is 23.5 Å². The standard InChI is InChI=1S/C23H28N2O3/c1-24-9-8-22-16-5-3-4-6-17(16)25(2)19(26)11-18-20(21(22)25)15(12-23(22,24)27)14(13-24)7-10-28-18/h3-7,15,18,20-21,27H,8-13H2,1-2H3/q+2/t15-,18-,20-,21-,22-,23+,24?,25?/m0/s1. The summed E-state index contributed by atoms with van der Waals surface area (Å²) in [6.45, 7) is 2.50. The number of carbonyl (C=O) groups excluding carboxylic acids is 1. The van der Waals surface area contributed by atoms with Crippen molar-refractivity contribution in [1.82, 2.24) is 4.48 Å². The first kappa shape index (κ1) is 16.3. The molecule has 1 amide bonds. The Labute approximate surface area is 165 Å². The van der Waals surface area contributed by atoms with Gasteiger partial charge in [0.05, 0.1) is 39.8 Å². The van der Waals surface area contributed by atoms with Gasteiger partial charge in [-0.2, -0.15) is 0 Å². The molecule has 28 heavy (non-hydrogen) atoms. The zero-order chi connectivity index (χ0) is 19.1. The number of fused-ring (bicyclic) bond motifs is 2. The number of hydrogen-bond donors (Lipinski definition) is 1. The highest BCUT2D eigenvalue weighted by atomic mass is 16.5. The van der Waals surface area contributed by atoms with Crippen LogP contribution in [0, 0.1) is 11.8 Å². The first-order valence-electron chi connectivity index (χ1n) is 10.7. The average Bonchev–Trinajstić information content (AvgIpc) is 3.00. The number of aliphatic hydroxyl groups is 1. The summed E-state index contributed by atoms with van der Waals surface area (Å²) in [7, 11) is 4.36. The van der Waals surface area contributed by atoms with Crippen molar-refractivity contribution in [2.24, 2.45) is 11.8 Å². The van der Waals surface area contributed by atoms with Gasteiger partial charge in [-0.1, -0.05) is 24.3 Å². The second-order valence-electron chi connectivity index (χ2n) is 10.5. The highest BCUT2D eigenvalue weighted by Crippen LogP contribution is 2.72. The molecule has 1 spiro atoms. The van der Waals surface area contributed by atoms with Crippen LogP contribution in [0.15, 0.2) is 35.9 Å². The van der Waals surface area contributed by atoms with E-state index in [0.717, 1.165) is 31.6 Å². The van der Waals surface area contributed by atoms with Gasteiger partial charge in [-0.3, -0.25) is 4.48 Å². The summed E-state index contributed by atoms with van der Waals surface area (Å²) in [6.07, 6.45) is 4.50. The molecule has 4 fully saturated rings. The number of rotatable bonds is 0. The van der Waals surface area contributed by atoms with E-state index in [9.17, 15) is 9.90 Å². The van der Waals surface area contributed by atoms with Gasteiger partial charge in [0, 0.05) is 30.2 Å². The summed E-state index contributed by atoms with van der Waals surface area (Å²) < 4.78 is 7.35. The molecular formula is C23H28N2O3+2. The fourth-order valence-electron chi connectivity index (χ4n) is 8.79. The third-order valence-electron chi connectivity index (χ3n) is 9.87. The van der Waals surface area contributed by atoms with E-state index in [1.807, 2.05) is 0 Å². The Morgan fingerprint density at radius 2 is 2.07 bits per heavy atom. The molecule has 5 heterocycles. The van der Waals surface area contributed by atoms with Crippen molar-refractivity contribution in [3.63, 3.8) is 0 Å². The normalized spacial score (nSPS) is 54.8. The fourth-order valence-corrected chi connectivity index (χ4v) is 8.79. The molecule has 8 atom stereocenters. The van der Waals surface area contributed by atoms with Gasteiger partial charge in [-0.15, -0.1) is 0 Å². The number of piperidine rings is 2. The van der Waals surface area contributed by atoms with Crippen molar-refractivity contribution in [3.05, 3.63) is 41.5 Å². The van der Waals surface area contributed by atoms with Gasteiger partial charge < -0.3 is 9.84 Å². The number of nitrogens with zero attached hydrogens (tertiary/aromatic N) is 2. The van der Waals surface area contributed by atoms with Crippen LogP contribution in [0.4, 0.5) is 5.69 Å². The molecule has 7 rings (SSSR count). The number of para-hydroxylation sites is 1. The summed E-state index contributed by atoms with van der Waals surface area (Å²) in [5.74, 6) is 0.888. The molecule has 5 nitrogen and oxygen atoms in total. The smallest absolute Gasteiger partial charge is 0.321 e. The van der Waals surface area contributed by atoms with Crippen molar-refractivity contribution in [3.8, 4) is 0 Å². The van der Waals surface area contributed by atoms with Gasteiger partial charge in [0.1, 0.15) is 23.7 Å². The van der Waals surface area contributed by atoms with Crippen molar-refractivity contribution in [2.45, 2.75) is 42.5 Å². The Bertz CT molecular complexity index is 990. The van der Waals surface area contributed by atoms with Gasteiger partial charge in [0.2, 0.25) is 5.72 Å². The zero-order valence-electron chi connectivity index (χ0n) is 16.6. The lowest BCUT2D eigenvalue weighted by molar-refractivity contribution is -0.976. The minimum atomic E-state index is -0.811. The number of hydrogen-bond acceptors (Lipinski definition) is 3. The number of benzene rings is 1. The van der Waals surface area contributed by atoms with E-state index in [1.165, 1.54) is 11.1 Å². The van der Waals surface area contributed by atoms with Crippen LogP contribution in [-0.2, 0) is 14.9 Å². The number of ether oxygens (including phenoxy) is 1. The van der Waals surface area contributed by atoms with Crippen LogP contribution in [0.25, 0.3) is 0 Å². The maximum atomic E-state index is 13.7. The molecule has 6 aliphatic rings. The molecule has 5 aliphatic heterocycles. The van der Waals surface area contributed by atoms with E-state index in [4.69, 9.17) is 4.74 Å². The van der Waals surface area contributed by atoms with Crippen molar-refractivity contribution >= 4 is 11.6 Å². The van der Waals surface area contributed by atoms with Gasteiger partial charge in [-0.25, -0.2) is 9.28 Å². The minimum Gasteiger partial charge on any atom is -0.373 e. The Balaban J connectivity index is 1.63. The lowest BCUT2D eigenvalue weighted by atomic mass is 9.51. The van der Waals surface area contributed by atoms with Crippen LogP contribution in [-0.4, -0.2) is 67.2 Å². The molecule has 1 aromatic carbocycles. The Morgan fingerprint density at radius 3 is 2.93 bits per heavy atom. The van der Waals surface area contributed by atoms with Crippen molar-refractivity contribution in [2.75, 3.05) is 33.8 Å². The second-order valence-corrected chi connectivity index (χ2v) is 10.5. The molecule has 1 aromatic rings. The Hall–Kier alpha value is -1.53. The minimum absolute atomic E-state index is 0.0179. The summed E-state index contributed by atoms with van der Waals surface area (Å²) >= 11 is 0. The van der Waals surface area contributed by atoms with E-state index >= 15 is 0 Å².